The molecule has 0 spiro atoms. The second-order valence-electron chi connectivity index (χ2n) is 5.98. The SMILES string of the molecule is CC(C)(C)C(N)C(=O)OCC1CCCCC1. The minimum Gasteiger partial charge on any atom is -0.464 e. The fourth-order valence-corrected chi connectivity index (χ4v) is 2.00. The number of nitrogens with two attached hydrogens (primary N) is 1. The van der Waals surface area contributed by atoms with Gasteiger partial charge in [0.2, 0.25) is 0 Å². The van der Waals surface area contributed by atoms with Crippen molar-refractivity contribution in [3.8, 4) is 0 Å². The number of carbonyl (C=O) groups is 1. The quantitative estimate of drug-likeness (QED) is 0.754. The lowest BCUT2D eigenvalue weighted by atomic mass is 9.87. The van der Waals surface area contributed by atoms with Crippen molar-refractivity contribution < 1.29 is 9.53 Å². The largest absolute Gasteiger partial charge is 0.464 e. The highest BCUT2D eigenvalue weighted by Gasteiger charge is 2.29. The molecule has 3 heteroatoms. The fraction of sp³-hybridized carbons (Fsp3) is 0.923. The Morgan fingerprint density at radius 3 is 2.38 bits per heavy atom. The average molecular weight is 227 g/mol. The molecule has 0 aromatic heterocycles. The third-order valence-electron chi connectivity index (χ3n) is 3.37. The van der Waals surface area contributed by atoms with E-state index >= 15 is 0 Å². The Morgan fingerprint density at radius 2 is 1.88 bits per heavy atom. The maximum Gasteiger partial charge on any atom is 0.323 e. The van der Waals surface area contributed by atoms with E-state index in [0.717, 1.165) is 0 Å². The van der Waals surface area contributed by atoms with Gasteiger partial charge in [0.15, 0.2) is 0 Å². The van der Waals surface area contributed by atoms with Gasteiger partial charge in [-0.05, 0) is 24.2 Å². The zero-order valence-electron chi connectivity index (χ0n) is 10.8. The van der Waals surface area contributed by atoms with Gasteiger partial charge in [-0.25, -0.2) is 0 Å². The summed E-state index contributed by atoms with van der Waals surface area (Å²) in [4.78, 5) is 11.7. The topological polar surface area (TPSA) is 52.3 Å². The molecule has 16 heavy (non-hydrogen) atoms. The Hall–Kier alpha value is -0.570. The number of esters is 1. The number of ether oxygens (including phenoxy) is 1. The fourth-order valence-electron chi connectivity index (χ4n) is 2.00. The van der Waals surface area contributed by atoms with Crippen molar-refractivity contribution in [1.82, 2.24) is 0 Å². The molecule has 0 aromatic carbocycles. The third kappa shape index (κ3) is 4.12. The van der Waals surface area contributed by atoms with Gasteiger partial charge in [-0.3, -0.25) is 4.79 Å². The van der Waals surface area contributed by atoms with Crippen molar-refractivity contribution in [3.63, 3.8) is 0 Å². The molecule has 1 atom stereocenters. The van der Waals surface area contributed by atoms with Crippen LogP contribution in [0.1, 0.15) is 52.9 Å². The van der Waals surface area contributed by atoms with E-state index in [1.54, 1.807) is 0 Å². The molecule has 3 nitrogen and oxygen atoms in total. The first-order valence-electron chi connectivity index (χ1n) is 6.33. The van der Waals surface area contributed by atoms with Crippen LogP contribution in [0.4, 0.5) is 0 Å². The van der Waals surface area contributed by atoms with Crippen LogP contribution in [0.2, 0.25) is 0 Å². The number of carbonyl (C=O) groups excluding carboxylic acids is 1. The molecule has 1 saturated carbocycles. The monoisotopic (exact) mass is 227 g/mol. The molecule has 1 aliphatic carbocycles. The molecule has 0 heterocycles. The van der Waals surface area contributed by atoms with Crippen molar-refractivity contribution in [2.24, 2.45) is 17.1 Å². The van der Waals surface area contributed by atoms with Crippen LogP contribution in [0, 0.1) is 11.3 Å². The smallest absolute Gasteiger partial charge is 0.323 e. The van der Waals surface area contributed by atoms with Crippen molar-refractivity contribution in [1.29, 1.82) is 0 Å². The maximum atomic E-state index is 11.7. The number of hydrogen-bond donors (Lipinski definition) is 1. The summed E-state index contributed by atoms with van der Waals surface area (Å²) in [5.41, 5.74) is 5.62. The van der Waals surface area contributed by atoms with Crippen molar-refractivity contribution in [3.05, 3.63) is 0 Å². The van der Waals surface area contributed by atoms with Gasteiger partial charge in [-0.15, -0.1) is 0 Å². The van der Waals surface area contributed by atoms with E-state index < -0.39 is 6.04 Å². The molecule has 94 valence electrons. The predicted molar refractivity (Wildman–Crippen MR) is 65.0 cm³/mol. The number of hydrogen-bond acceptors (Lipinski definition) is 3. The minimum atomic E-state index is -0.518. The first kappa shape index (κ1) is 13.5. The van der Waals surface area contributed by atoms with E-state index in [9.17, 15) is 4.79 Å². The van der Waals surface area contributed by atoms with Gasteiger partial charge in [-0.2, -0.15) is 0 Å². The summed E-state index contributed by atoms with van der Waals surface area (Å²) in [5, 5.41) is 0. The summed E-state index contributed by atoms with van der Waals surface area (Å²) in [6.07, 6.45) is 6.25. The van der Waals surface area contributed by atoms with Gasteiger partial charge in [0.1, 0.15) is 6.04 Å². The molecule has 0 saturated heterocycles. The Morgan fingerprint density at radius 1 is 1.31 bits per heavy atom. The van der Waals surface area contributed by atoms with E-state index in [2.05, 4.69) is 0 Å². The van der Waals surface area contributed by atoms with Gasteiger partial charge in [0.05, 0.1) is 6.61 Å². The summed E-state index contributed by atoms with van der Waals surface area (Å²) in [5.74, 6) is 0.308. The molecule has 1 rings (SSSR count). The van der Waals surface area contributed by atoms with Crippen LogP contribution in [0.3, 0.4) is 0 Å². The third-order valence-corrected chi connectivity index (χ3v) is 3.37. The van der Waals surface area contributed by atoms with E-state index in [0.29, 0.717) is 12.5 Å². The summed E-state index contributed by atoms with van der Waals surface area (Å²) < 4.78 is 5.31. The van der Waals surface area contributed by atoms with Gasteiger partial charge < -0.3 is 10.5 Å². The lowest BCUT2D eigenvalue weighted by molar-refractivity contribution is -0.149. The van der Waals surface area contributed by atoms with Crippen LogP contribution in [-0.2, 0) is 9.53 Å². The highest BCUT2D eigenvalue weighted by atomic mass is 16.5. The molecule has 0 bridgehead atoms. The van der Waals surface area contributed by atoms with Crippen molar-refractivity contribution in [2.45, 2.75) is 58.9 Å². The van der Waals surface area contributed by atoms with Crippen LogP contribution in [0.25, 0.3) is 0 Å². The Kier molecular flexibility index (Phi) is 4.78. The summed E-state index contributed by atoms with van der Waals surface area (Å²) in [6, 6.07) is -0.518. The molecular weight excluding hydrogens is 202 g/mol. The molecule has 1 unspecified atom stereocenters. The molecule has 1 aliphatic rings. The van der Waals surface area contributed by atoms with Gasteiger partial charge in [0, 0.05) is 0 Å². The van der Waals surface area contributed by atoms with E-state index in [-0.39, 0.29) is 11.4 Å². The zero-order valence-corrected chi connectivity index (χ0v) is 10.8. The summed E-state index contributed by atoms with van der Waals surface area (Å²) >= 11 is 0. The Bertz CT molecular complexity index is 227. The van der Waals surface area contributed by atoms with Crippen LogP contribution < -0.4 is 5.73 Å². The molecule has 0 aliphatic heterocycles. The van der Waals surface area contributed by atoms with Crippen LogP contribution >= 0.6 is 0 Å². The summed E-state index contributed by atoms with van der Waals surface area (Å²) in [6.45, 7) is 6.43. The van der Waals surface area contributed by atoms with E-state index in [1.165, 1.54) is 32.1 Å². The first-order chi connectivity index (χ1) is 7.41. The first-order valence-corrected chi connectivity index (χ1v) is 6.33. The van der Waals surface area contributed by atoms with Gasteiger partial charge in [0.25, 0.3) is 0 Å². The van der Waals surface area contributed by atoms with E-state index in [4.69, 9.17) is 10.5 Å². The molecule has 0 aromatic rings. The second-order valence-corrected chi connectivity index (χ2v) is 5.98. The Labute approximate surface area is 98.7 Å². The molecular formula is C13H25NO2. The average Bonchev–Trinajstić information content (AvgIpc) is 2.25. The van der Waals surface area contributed by atoms with Crippen LogP contribution in [-0.4, -0.2) is 18.6 Å². The normalized spacial score (nSPS) is 20.5. The molecule has 0 amide bonds. The number of rotatable bonds is 3. The zero-order chi connectivity index (χ0) is 12.2. The highest BCUT2D eigenvalue weighted by Crippen LogP contribution is 2.24. The van der Waals surface area contributed by atoms with Crippen molar-refractivity contribution >= 4 is 5.97 Å². The predicted octanol–water partition coefficient (Wildman–Crippen LogP) is 2.48. The van der Waals surface area contributed by atoms with Gasteiger partial charge >= 0.3 is 5.97 Å². The van der Waals surface area contributed by atoms with Crippen molar-refractivity contribution in [2.75, 3.05) is 6.61 Å². The highest BCUT2D eigenvalue weighted by molar-refractivity contribution is 5.76. The van der Waals surface area contributed by atoms with Crippen LogP contribution in [0.5, 0.6) is 0 Å². The lowest BCUT2D eigenvalue weighted by Gasteiger charge is -2.27. The van der Waals surface area contributed by atoms with Gasteiger partial charge in [-0.1, -0.05) is 40.0 Å². The molecule has 0 radical (unpaired) electrons. The molecule has 1 fully saturated rings. The standard InChI is InChI=1S/C13H25NO2/c1-13(2,3)11(14)12(15)16-9-10-7-5-4-6-8-10/h10-11H,4-9,14H2,1-3H3. The second kappa shape index (κ2) is 5.67. The van der Waals surface area contributed by atoms with E-state index in [1.807, 2.05) is 20.8 Å². The lowest BCUT2D eigenvalue weighted by Crippen LogP contribution is -2.43. The van der Waals surface area contributed by atoms with Crippen LogP contribution in [0.15, 0.2) is 0 Å². The maximum absolute atomic E-state index is 11.7. The summed E-state index contributed by atoms with van der Waals surface area (Å²) in [7, 11) is 0. The molecule has 2 N–H and O–H groups in total. The minimum absolute atomic E-state index is 0.219. The Balaban J connectivity index is 2.29.